The number of nitrogens with zero attached hydrogens (tertiary/aromatic N) is 1. The fourth-order valence-corrected chi connectivity index (χ4v) is 2.97. The molecule has 1 N–H and O–H groups in total. The fourth-order valence-electron chi connectivity index (χ4n) is 1.99. The number of halogens is 2. The van der Waals surface area contributed by atoms with E-state index in [4.69, 9.17) is 4.74 Å². The van der Waals surface area contributed by atoms with E-state index in [0.717, 1.165) is 18.2 Å². The molecule has 11 heteroatoms. The number of ether oxygens (including phenoxy) is 1. The summed E-state index contributed by atoms with van der Waals surface area (Å²) >= 11 is 0. The number of hydrogen-bond donors (Lipinski definition) is 1. The largest absolute Gasteiger partial charge is 0.452 e. The molecule has 0 aromatic heterocycles. The van der Waals surface area contributed by atoms with Gasteiger partial charge in [0.25, 0.3) is 15.9 Å². The number of nitrogens with one attached hydrogen (secondary N) is 1. The van der Waals surface area contributed by atoms with E-state index >= 15 is 0 Å². The Balaban J connectivity index is 1.95. The van der Waals surface area contributed by atoms with Gasteiger partial charge < -0.3 is 10.1 Å². The highest BCUT2D eigenvalue weighted by atomic mass is 32.2. The zero-order valence-corrected chi connectivity index (χ0v) is 15.6. The van der Waals surface area contributed by atoms with Gasteiger partial charge in [-0.05, 0) is 36.4 Å². The van der Waals surface area contributed by atoms with E-state index in [1.165, 1.54) is 38.4 Å². The molecule has 0 spiro atoms. The van der Waals surface area contributed by atoms with E-state index < -0.39 is 40.1 Å². The maximum Gasteiger partial charge on any atom is 0.338 e. The molecule has 0 fully saturated rings. The molecule has 8 nitrogen and oxygen atoms in total. The van der Waals surface area contributed by atoms with Crippen molar-refractivity contribution < 1.29 is 36.4 Å². The highest BCUT2D eigenvalue weighted by molar-refractivity contribution is 7.89. The van der Waals surface area contributed by atoms with Crippen LogP contribution >= 0.6 is 0 Å². The van der Waals surface area contributed by atoms with Gasteiger partial charge in [0.15, 0.2) is 18.2 Å². The lowest BCUT2D eigenvalue weighted by Crippen LogP contribution is -2.25. The summed E-state index contributed by atoms with van der Waals surface area (Å²) in [5.41, 5.74) is 0.0106. The lowest BCUT2D eigenvalue weighted by Gasteiger charge is -2.14. The second-order valence-corrected chi connectivity index (χ2v) is 7.31. The number of anilines is 1. The summed E-state index contributed by atoms with van der Waals surface area (Å²) in [5, 5.41) is 2.24. The molecular formula is C17H16F2N2O6S. The Kier molecular flexibility index (Phi) is 6.78. The zero-order valence-electron chi connectivity index (χ0n) is 14.8. The van der Waals surface area contributed by atoms with Gasteiger partial charge in [-0.3, -0.25) is 9.63 Å². The van der Waals surface area contributed by atoms with Gasteiger partial charge in [-0.25, -0.2) is 22.0 Å². The van der Waals surface area contributed by atoms with E-state index in [-0.39, 0.29) is 16.1 Å². The van der Waals surface area contributed by atoms with Gasteiger partial charge in [0.05, 0.1) is 17.6 Å². The molecular weight excluding hydrogens is 398 g/mol. The van der Waals surface area contributed by atoms with Crippen LogP contribution in [0.1, 0.15) is 10.4 Å². The number of carbonyl (C=O) groups excluding carboxylic acids is 2. The molecule has 2 aromatic rings. The standard InChI is InChI=1S/C17H16F2N2O6S/c1-21(26-2)28(24,25)13-6-3-11(4-7-13)17(23)27-10-16(22)20-12-5-8-14(18)15(19)9-12/h3-9H,10H2,1-2H3,(H,20,22). The normalized spacial score (nSPS) is 11.3. The Bertz CT molecular complexity index is 980. The number of sulfonamides is 1. The van der Waals surface area contributed by atoms with Crippen LogP contribution in [0, 0.1) is 11.6 Å². The van der Waals surface area contributed by atoms with E-state index in [1.54, 1.807) is 0 Å². The van der Waals surface area contributed by atoms with Gasteiger partial charge in [0, 0.05) is 18.8 Å². The number of rotatable bonds is 7. The van der Waals surface area contributed by atoms with E-state index in [1.807, 2.05) is 0 Å². The molecule has 0 unspecified atom stereocenters. The third kappa shape index (κ3) is 5.09. The third-order valence-corrected chi connectivity index (χ3v) is 5.22. The molecule has 0 atom stereocenters. The maximum atomic E-state index is 13.1. The zero-order chi connectivity index (χ0) is 20.9. The Hall–Kier alpha value is -2.89. The Morgan fingerprint density at radius 1 is 1.07 bits per heavy atom. The number of esters is 1. The monoisotopic (exact) mass is 414 g/mol. The number of amides is 1. The molecule has 0 radical (unpaired) electrons. The van der Waals surface area contributed by atoms with Crippen LogP contribution in [-0.2, 0) is 24.4 Å². The van der Waals surface area contributed by atoms with Crippen molar-refractivity contribution in [2.75, 3.05) is 26.1 Å². The molecule has 0 saturated heterocycles. The average Bonchev–Trinajstić information content (AvgIpc) is 2.68. The first kappa shape index (κ1) is 21.4. The van der Waals surface area contributed by atoms with Crippen LogP contribution < -0.4 is 5.32 Å². The molecule has 0 bridgehead atoms. The highest BCUT2D eigenvalue weighted by Gasteiger charge is 2.21. The molecule has 0 aliphatic rings. The number of benzene rings is 2. The Morgan fingerprint density at radius 3 is 2.29 bits per heavy atom. The Morgan fingerprint density at radius 2 is 1.71 bits per heavy atom. The summed E-state index contributed by atoms with van der Waals surface area (Å²) in [4.78, 5) is 28.2. The SMILES string of the molecule is CON(C)S(=O)(=O)c1ccc(C(=O)OCC(=O)Nc2ccc(F)c(F)c2)cc1. The lowest BCUT2D eigenvalue weighted by atomic mass is 10.2. The minimum atomic E-state index is -3.86. The molecule has 2 aromatic carbocycles. The third-order valence-electron chi connectivity index (χ3n) is 3.52. The second kappa shape index (κ2) is 8.87. The summed E-state index contributed by atoms with van der Waals surface area (Å²) in [6.07, 6.45) is 0. The van der Waals surface area contributed by atoms with Crippen molar-refractivity contribution in [2.45, 2.75) is 4.90 Å². The summed E-state index contributed by atoms with van der Waals surface area (Å²) in [6.45, 7) is -0.676. The second-order valence-electron chi connectivity index (χ2n) is 5.37. The van der Waals surface area contributed by atoms with Crippen LogP contribution in [0.5, 0.6) is 0 Å². The van der Waals surface area contributed by atoms with Crippen molar-refractivity contribution in [1.29, 1.82) is 0 Å². The summed E-state index contributed by atoms with van der Waals surface area (Å²) < 4.78 is 55.5. The van der Waals surface area contributed by atoms with Crippen LogP contribution in [0.4, 0.5) is 14.5 Å². The van der Waals surface area contributed by atoms with Crippen molar-refractivity contribution in [2.24, 2.45) is 0 Å². The van der Waals surface area contributed by atoms with Gasteiger partial charge in [0.2, 0.25) is 0 Å². The van der Waals surface area contributed by atoms with Crippen molar-refractivity contribution in [3.8, 4) is 0 Å². The minimum Gasteiger partial charge on any atom is -0.452 e. The van der Waals surface area contributed by atoms with E-state index in [0.29, 0.717) is 4.47 Å². The first-order valence-corrected chi connectivity index (χ1v) is 9.14. The summed E-state index contributed by atoms with van der Waals surface area (Å²) in [7, 11) is -1.46. The average molecular weight is 414 g/mol. The quantitative estimate of drug-likeness (QED) is 0.549. The molecule has 0 saturated carbocycles. The van der Waals surface area contributed by atoms with Crippen LogP contribution in [-0.4, -0.2) is 45.5 Å². The lowest BCUT2D eigenvalue weighted by molar-refractivity contribution is -0.119. The van der Waals surface area contributed by atoms with Gasteiger partial charge in [-0.15, -0.1) is 0 Å². The first-order valence-electron chi connectivity index (χ1n) is 7.70. The maximum absolute atomic E-state index is 13.1. The highest BCUT2D eigenvalue weighted by Crippen LogP contribution is 2.16. The minimum absolute atomic E-state index is 0.00299. The van der Waals surface area contributed by atoms with Gasteiger partial charge in [-0.1, -0.05) is 4.47 Å². The molecule has 150 valence electrons. The molecule has 0 heterocycles. The Labute approximate surface area is 159 Å². The molecule has 2 rings (SSSR count). The van der Waals surface area contributed by atoms with Crippen LogP contribution in [0.3, 0.4) is 0 Å². The van der Waals surface area contributed by atoms with E-state index in [9.17, 15) is 26.8 Å². The van der Waals surface area contributed by atoms with Gasteiger partial charge >= 0.3 is 5.97 Å². The predicted octanol–water partition coefficient (Wildman–Crippen LogP) is 1.94. The first-order chi connectivity index (χ1) is 13.1. The van der Waals surface area contributed by atoms with Crippen molar-refractivity contribution in [1.82, 2.24) is 4.47 Å². The van der Waals surface area contributed by atoms with Crippen LogP contribution in [0.2, 0.25) is 0 Å². The van der Waals surface area contributed by atoms with Crippen molar-refractivity contribution in [3.63, 3.8) is 0 Å². The van der Waals surface area contributed by atoms with Crippen molar-refractivity contribution in [3.05, 3.63) is 59.7 Å². The predicted molar refractivity (Wildman–Crippen MR) is 93.7 cm³/mol. The summed E-state index contributed by atoms with van der Waals surface area (Å²) in [5.74, 6) is -3.83. The molecule has 28 heavy (non-hydrogen) atoms. The topological polar surface area (TPSA) is 102 Å². The van der Waals surface area contributed by atoms with E-state index in [2.05, 4.69) is 10.2 Å². The number of hydroxylamine groups is 1. The van der Waals surface area contributed by atoms with Gasteiger partial charge in [0.1, 0.15) is 0 Å². The van der Waals surface area contributed by atoms with Crippen LogP contribution in [0.25, 0.3) is 0 Å². The fraction of sp³-hybridized carbons (Fsp3) is 0.176. The smallest absolute Gasteiger partial charge is 0.338 e. The van der Waals surface area contributed by atoms with Crippen LogP contribution in [0.15, 0.2) is 47.4 Å². The number of hydrogen-bond acceptors (Lipinski definition) is 6. The summed E-state index contributed by atoms with van der Waals surface area (Å²) in [6, 6.07) is 7.57. The van der Waals surface area contributed by atoms with Gasteiger partial charge in [-0.2, -0.15) is 0 Å². The molecule has 0 aliphatic heterocycles. The molecule has 1 amide bonds. The molecule has 0 aliphatic carbocycles. The number of carbonyl (C=O) groups is 2. The van der Waals surface area contributed by atoms with Crippen molar-refractivity contribution >= 4 is 27.6 Å².